The van der Waals surface area contributed by atoms with Crippen molar-refractivity contribution in [2.75, 3.05) is 12.0 Å². The Morgan fingerprint density at radius 2 is 1.86 bits per heavy atom. The van der Waals surface area contributed by atoms with Crippen LogP contribution in [-0.2, 0) is 11.3 Å². The zero-order valence-corrected chi connectivity index (χ0v) is 11.5. The number of anilines is 1. The van der Waals surface area contributed by atoms with Crippen LogP contribution in [0.15, 0.2) is 48.5 Å². The summed E-state index contributed by atoms with van der Waals surface area (Å²) in [4.78, 5) is 23.7. The highest BCUT2D eigenvalue weighted by Gasteiger charge is 2.11. The molecule has 108 valence electrons. The molecule has 0 heterocycles. The fourth-order valence-corrected chi connectivity index (χ4v) is 2.00. The van der Waals surface area contributed by atoms with Crippen LogP contribution in [0.1, 0.15) is 15.9 Å². The summed E-state index contributed by atoms with van der Waals surface area (Å²) in [6.45, 7) is 0.337. The summed E-state index contributed by atoms with van der Waals surface area (Å²) in [5.41, 5.74) is 1.71. The third-order valence-corrected chi connectivity index (χ3v) is 3.08. The first-order chi connectivity index (χ1) is 10.2. The Bertz CT molecular complexity index is 637. The number of rotatable bonds is 6. The van der Waals surface area contributed by atoms with Gasteiger partial charge in [-0.05, 0) is 29.8 Å². The lowest BCUT2D eigenvalue weighted by molar-refractivity contribution is -0.107. The van der Waals surface area contributed by atoms with Crippen LogP contribution < -0.4 is 9.64 Å². The highest BCUT2D eigenvalue weighted by molar-refractivity contribution is 5.87. The number of carboxylic acid groups (broad SMARTS) is 1. The normalized spacial score (nSPS) is 9.95. The average Bonchev–Trinajstić information content (AvgIpc) is 2.53. The summed E-state index contributed by atoms with van der Waals surface area (Å²) in [5.74, 6) is -0.370. The molecule has 21 heavy (non-hydrogen) atoms. The number of benzene rings is 2. The SMILES string of the molecule is COc1ccccc1N(C=O)Cc1ccc(C(=O)O)cc1. The van der Waals surface area contributed by atoms with Gasteiger partial charge < -0.3 is 14.7 Å². The van der Waals surface area contributed by atoms with Crippen molar-refractivity contribution in [1.82, 2.24) is 0 Å². The second-order valence-corrected chi connectivity index (χ2v) is 4.41. The number of nitrogens with zero attached hydrogens (tertiary/aromatic N) is 1. The van der Waals surface area contributed by atoms with Crippen molar-refractivity contribution in [3.8, 4) is 5.75 Å². The molecular formula is C16H15NO4. The number of amides is 1. The first-order valence-corrected chi connectivity index (χ1v) is 6.33. The molecule has 0 unspecified atom stereocenters. The lowest BCUT2D eigenvalue weighted by atomic mass is 10.1. The summed E-state index contributed by atoms with van der Waals surface area (Å²) in [7, 11) is 1.55. The maximum absolute atomic E-state index is 11.3. The number of hydrogen-bond donors (Lipinski definition) is 1. The van der Waals surface area contributed by atoms with E-state index in [0.29, 0.717) is 18.0 Å². The minimum Gasteiger partial charge on any atom is -0.495 e. The van der Waals surface area contributed by atoms with Crippen molar-refractivity contribution in [3.05, 3.63) is 59.7 Å². The van der Waals surface area contributed by atoms with Crippen LogP contribution >= 0.6 is 0 Å². The Balaban J connectivity index is 2.22. The van der Waals surface area contributed by atoms with Gasteiger partial charge in [-0.25, -0.2) is 4.79 Å². The van der Waals surface area contributed by atoms with Crippen LogP contribution in [0.25, 0.3) is 0 Å². The topological polar surface area (TPSA) is 66.8 Å². The van der Waals surface area contributed by atoms with Gasteiger partial charge in [-0.15, -0.1) is 0 Å². The van der Waals surface area contributed by atoms with Gasteiger partial charge in [-0.3, -0.25) is 4.79 Å². The number of aromatic carboxylic acids is 1. The van der Waals surface area contributed by atoms with Crippen LogP contribution in [0.4, 0.5) is 5.69 Å². The predicted molar refractivity (Wildman–Crippen MR) is 78.6 cm³/mol. The molecule has 1 amide bonds. The quantitative estimate of drug-likeness (QED) is 0.828. The highest BCUT2D eigenvalue weighted by atomic mass is 16.5. The van der Waals surface area contributed by atoms with Gasteiger partial charge in [-0.1, -0.05) is 24.3 Å². The number of methoxy groups -OCH3 is 1. The molecule has 5 heteroatoms. The van der Waals surface area contributed by atoms with E-state index in [1.54, 1.807) is 31.4 Å². The highest BCUT2D eigenvalue weighted by Crippen LogP contribution is 2.27. The molecule has 0 aliphatic rings. The summed E-state index contributed by atoms with van der Waals surface area (Å²) in [6.07, 6.45) is 0.725. The van der Waals surface area contributed by atoms with Crippen molar-refractivity contribution in [2.45, 2.75) is 6.54 Å². The Hall–Kier alpha value is -2.82. The molecule has 0 saturated heterocycles. The van der Waals surface area contributed by atoms with E-state index in [-0.39, 0.29) is 5.56 Å². The zero-order valence-electron chi connectivity index (χ0n) is 11.5. The molecule has 0 fully saturated rings. The second kappa shape index (κ2) is 6.56. The van der Waals surface area contributed by atoms with E-state index in [0.717, 1.165) is 12.0 Å². The molecule has 0 spiro atoms. The maximum Gasteiger partial charge on any atom is 0.335 e. The number of para-hydroxylation sites is 2. The molecule has 0 saturated carbocycles. The summed E-state index contributed by atoms with van der Waals surface area (Å²) in [6, 6.07) is 13.6. The van der Waals surface area contributed by atoms with Crippen molar-refractivity contribution >= 4 is 18.1 Å². The second-order valence-electron chi connectivity index (χ2n) is 4.41. The van der Waals surface area contributed by atoms with E-state index < -0.39 is 5.97 Å². The average molecular weight is 285 g/mol. The third-order valence-electron chi connectivity index (χ3n) is 3.08. The minimum atomic E-state index is -0.974. The van der Waals surface area contributed by atoms with Crippen LogP contribution in [0.5, 0.6) is 5.75 Å². The summed E-state index contributed by atoms with van der Waals surface area (Å²) >= 11 is 0. The van der Waals surface area contributed by atoms with E-state index in [1.165, 1.54) is 17.0 Å². The van der Waals surface area contributed by atoms with Crippen LogP contribution in [0, 0.1) is 0 Å². The Labute approximate surface area is 122 Å². The van der Waals surface area contributed by atoms with E-state index in [2.05, 4.69) is 0 Å². The number of hydrogen-bond acceptors (Lipinski definition) is 3. The molecule has 1 N–H and O–H groups in total. The third kappa shape index (κ3) is 3.39. The monoisotopic (exact) mass is 285 g/mol. The first-order valence-electron chi connectivity index (χ1n) is 6.33. The molecule has 0 aliphatic heterocycles. The maximum atomic E-state index is 11.3. The van der Waals surface area contributed by atoms with Gasteiger partial charge in [0.25, 0.3) is 0 Å². The smallest absolute Gasteiger partial charge is 0.335 e. The number of carbonyl (C=O) groups excluding carboxylic acids is 1. The van der Waals surface area contributed by atoms with Crippen molar-refractivity contribution < 1.29 is 19.4 Å². The van der Waals surface area contributed by atoms with E-state index in [9.17, 15) is 9.59 Å². The molecule has 2 rings (SSSR count). The van der Waals surface area contributed by atoms with Crippen LogP contribution in [0.2, 0.25) is 0 Å². The van der Waals surface area contributed by atoms with Gasteiger partial charge in [0.05, 0.1) is 24.9 Å². The zero-order chi connectivity index (χ0) is 15.2. The summed E-state index contributed by atoms with van der Waals surface area (Å²) in [5, 5.41) is 8.87. The summed E-state index contributed by atoms with van der Waals surface area (Å²) < 4.78 is 5.24. The molecule has 0 aromatic heterocycles. The van der Waals surface area contributed by atoms with Gasteiger partial charge in [-0.2, -0.15) is 0 Å². The first kappa shape index (κ1) is 14.6. The molecule has 5 nitrogen and oxygen atoms in total. The number of ether oxygens (including phenoxy) is 1. The van der Waals surface area contributed by atoms with Crippen molar-refractivity contribution in [1.29, 1.82) is 0 Å². The van der Waals surface area contributed by atoms with E-state index in [4.69, 9.17) is 9.84 Å². The Kier molecular flexibility index (Phi) is 4.56. The molecule has 0 radical (unpaired) electrons. The van der Waals surface area contributed by atoms with Crippen LogP contribution in [-0.4, -0.2) is 24.6 Å². The molecule has 0 atom stereocenters. The lowest BCUT2D eigenvalue weighted by Crippen LogP contribution is -2.21. The Morgan fingerprint density at radius 1 is 1.19 bits per heavy atom. The fraction of sp³-hybridized carbons (Fsp3) is 0.125. The molecule has 0 aliphatic carbocycles. The van der Waals surface area contributed by atoms with E-state index in [1.807, 2.05) is 12.1 Å². The predicted octanol–water partition coefficient (Wildman–Crippen LogP) is 2.56. The van der Waals surface area contributed by atoms with Gasteiger partial charge >= 0.3 is 5.97 Å². The molecule has 0 bridgehead atoms. The fourth-order valence-electron chi connectivity index (χ4n) is 2.00. The van der Waals surface area contributed by atoms with Gasteiger partial charge in [0.1, 0.15) is 5.75 Å². The van der Waals surface area contributed by atoms with Gasteiger partial charge in [0.2, 0.25) is 6.41 Å². The molecular weight excluding hydrogens is 270 g/mol. The van der Waals surface area contributed by atoms with Crippen molar-refractivity contribution in [2.24, 2.45) is 0 Å². The van der Waals surface area contributed by atoms with E-state index >= 15 is 0 Å². The molecule has 2 aromatic carbocycles. The van der Waals surface area contributed by atoms with Gasteiger partial charge in [0.15, 0.2) is 0 Å². The van der Waals surface area contributed by atoms with Crippen molar-refractivity contribution in [3.63, 3.8) is 0 Å². The standard InChI is InChI=1S/C16H15NO4/c1-21-15-5-3-2-4-14(15)17(11-18)10-12-6-8-13(9-7-12)16(19)20/h2-9,11H,10H2,1H3,(H,19,20). The van der Waals surface area contributed by atoms with Crippen LogP contribution in [0.3, 0.4) is 0 Å². The van der Waals surface area contributed by atoms with Gasteiger partial charge in [0, 0.05) is 0 Å². The largest absolute Gasteiger partial charge is 0.495 e. The Morgan fingerprint density at radius 3 is 2.43 bits per heavy atom. The number of carbonyl (C=O) groups is 2. The number of carboxylic acids is 1. The molecule has 2 aromatic rings. The minimum absolute atomic E-state index is 0.216. The lowest BCUT2D eigenvalue weighted by Gasteiger charge is -2.20.